The molecule has 1 fully saturated rings. The molecule has 0 unspecified atom stereocenters. The number of aromatic nitrogens is 2. The standard InChI is InChI=1S/C23H24F2N4O2/c1-28-19(9-11-26-28)21-20(31-14-13-29-12-10-17(24)15-29)8-7-18(22(21)25)27-23(30)16-5-3-2-4-6-16/h2-9,11,17H,10,12-15H2,1H3,(H,27,30)/t17-/m0/s1. The zero-order valence-corrected chi connectivity index (χ0v) is 17.2. The summed E-state index contributed by atoms with van der Waals surface area (Å²) in [4.78, 5) is 14.5. The fourth-order valence-corrected chi connectivity index (χ4v) is 3.69. The normalized spacial score (nSPS) is 16.4. The van der Waals surface area contributed by atoms with E-state index in [4.69, 9.17) is 4.74 Å². The molecule has 1 N–H and O–H groups in total. The minimum Gasteiger partial charge on any atom is -0.491 e. The molecule has 4 rings (SSSR count). The maximum absolute atomic E-state index is 15.5. The predicted molar refractivity (Wildman–Crippen MR) is 114 cm³/mol. The van der Waals surface area contributed by atoms with Crippen molar-refractivity contribution in [3.63, 3.8) is 0 Å². The van der Waals surface area contributed by atoms with E-state index in [0.29, 0.717) is 49.7 Å². The highest BCUT2D eigenvalue weighted by Crippen LogP contribution is 2.36. The third-order valence-electron chi connectivity index (χ3n) is 5.34. The van der Waals surface area contributed by atoms with E-state index in [0.717, 1.165) is 0 Å². The van der Waals surface area contributed by atoms with Crippen LogP contribution in [0, 0.1) is 5.82 Å². The molecule has 31 heavy (non-hydrogen) atoms. The highest BCUT2D eigenvalue weighted by molar-refractivity contribution is 6.04. The smallest absolute Gasteiger partial charge is 0.255 e. The number of carbonyl (C=O) groups excluding carboxylic acids is 1. The van der Waals surface area contributed by atoms with Crippen LogP contribution < -0.4 is 10.1 Å². The summed E-state index contributed by atoms with van der Waals surface area (Å²) in [5.41, 5.74) is 1.22. The molecular formula is C23H24F2N4O2. The zero-order chi connectivity index (χ0) is 21.8. The van der Waals surface area contributed by atoms with Gasteiger partial charge in [-0.3, -0.25) is 14.4 Å². The van der Waals surface area contributed by atoms with Gasteiger partial charge in [-0.1, -0.05) is 18.2 Å². The molecule has 0 spiro atoms. The number of halogens is 2. The van der Waals surface area contributed by atoms with Gasteiger partial charge in [-0.2, -0.15) is 5.10 Å². The van der Waals surface area contributed by atoms with E-state index in [1.807, 2.05) is 4.90 Å². The Morgan fingerprint density at radius 3 is 2.71 bits per heavy atom. The number of nitrogens with zero attached hydrogens (tertiary/aromatic N) is 3. The highest BCUT2D eigenvalue weighted by Gasteiger charge is 2.23. The molecule has 0 radical (unpaired) electrons. The molecule has 1 aliphatic heterocycles. The fraction of sp³-hybridized carbons (Fsp3) is 0.304. The second-order valence-corrected chi connectivity index (χ2v) is 7.50. The van der Waals surface area contributed by atoms with E-state index in [1.165, 1.54) is 6.07 Å². The van der Waals surface area contributed by atoms with Crippen LogP contribution in [0.5, 0.6) is 5.75 Å². The Balaban J connectivity index is 1.57. The summed E-state index contributed by atoms with van der Waals surface area (Å²) in [6, 6.07) is 13.4. The van der Waals surface area contributed by atoms with Gasteiger partial charge in [-0.15, -0.1) is 0 Å². The SMILES string of the molecule is Cn1nccc1-c1c(OCCN2CC[C@H](F)C2)ccc(NC(=O)c2ccccc2)c1F. The molecule has 2 aromatic carbocycles. The molecule has 1 atom stereocenters. The third-order valence-corrected chi connectivity index (χ3v) is 5.34. The lowest BCUT2D eigenvalue weighted by atomic mass is 10.1. The zero-order valence-electron chi connectivity index (χ0n) is 17.2. The lowest BCUT2D eigenvalue weighted by Crippen LogP contribution is -2.26. The summed E-state index contributed by atoms with van der Waals surface area (Å²) in [5.74, 6) is -0.663. The second kappa shape index (κ2) is 9.26. The second-order valence-electron chi connectivity index (χ2n) is 7.50. The highest BCUT2D eigenvalue weighted by atomic mass is 19.1. The van der Waals surface area contributed by atoms with E-state index in [1.54, 1.807) is 60.4 Å². The van der Waals surface area contributed by atoms with Gasteiger partial charge in [0.1, 0.15) is 18.5 Å². The molecule has 0 saturated carbocycles. The minimum absolute atomic E-state index is 0.0530. The molecule has 3 aromatic rings. The third kappa shape index (κ3) is 4.74. The largest absolute Gasteiger partial charge is 0.491 e. The summed E-state index contributed by atoms with van der Waals surface area (Å²) >= 11 is 0. The number of carbonyl (C=O) groups is 1. The van der Waals surface area contributed by atoms with Gasteiger partial charge >= 0.3 is 0 Å². The van der Waals surface area contributed by atoms with Crippen molar-refractivity contribution in [3.8, 4) is 17.0 Å². The van der Waals surface area contributed by atoms with Crippen molar-refractivity contribution in [2.45, 2.75) is 12.6 Å². The first kappa shape index (κ1) is 21.0. The molecular weight excluding hydrogens is 402 g/mol. The summed E-state index contributed by atoms with van der Waals surface area (Å²) in [6.07, 6.45) is 1.30. The average Bonchev–Trinajstić information content (AvgIpc) is 3.38. The van der Waals surface area contributed by atoms with Crippen LogP contribution in [0.25, 0.3) is 11.3 Å². The maximum atomic E-state index is 15.5. The van der Waals surface area contributed by atoms with Gasteiger partial charge in [0.2, 0.25) is 0 Å². The molecule has 1 saturated heterocycles. The molecule has 2 heterocycles. The lowest BCUT2D eigenvalue weighted by molar-refractivity contribution is 0.102. The van der Waals surface area contributed by atoms with Gasteiger partial charge in [0, 0.05) is 38.4 Å². The van der Waals surface area contributed by atoms with Crippen LogP contribution in [0.15, 0.2) is 54.7 Å². The fourth-order valence-electron chi connectivity index (χ4n) is 3.69. The Kier molecular flexibility index (Phi) is 6.27. The van der Waals surface area contributed by atoms with Crippen molar-refractivity contribution in [3.05, 3.63) is 66.1 Å². The van der Waals surface area contributed by atoms with Gasteiger partial charge in [0.15, 0.2) is 5.82 Å². The minimum atomic E-state index is -0.796. The Morgan fingerprint density at radius 2 is 2.03 bits per heavy atom. The van der Waals surface area contributed by atoms with Crippen LogP contribution >= 0.6 is 0 Å². The van der Waals surface area contributed by atoms with E-state index in [-0.39, 0.29) is 11.3 Å². The number of rotatable bonds is 7. The van der Waals surface area contributed by atoms with Crippen molar-refractivity contribution in [1.82, 2.24) is 14.7 Å². The molecule has 1 amide bonds. The number of anilines is 1. The van der Waals surface area contributed by atoms with E-state index >= 15 is 4.39 Å². The first-order valence-corrected chi connectivity index (χ1v) is 10.2. The maximum Gasteiger partial charge on any atom is 0.255 e. The number of benzene rings is 2. The number of hydrogen-bond donors (Lipinski definition) is 1. The van der Waals surface area contributed by atoms with Crippen LogP contribution in [0.2, 0.25) is 0 Å². The molecule has 0 bridgehead atoms. The number of likely N-dealkylation sites (tertiary alicyclic amines) is 1. The number of aryl methyl sites for hydroxylation is 1. The van der Waals surface area contributed by atoms with Crippen molar-refractivity contribution in [2.75, 3.05) is 31.6 Å². The molecule has 8 heteroatoms. The van der Waals surface area contributed by atoms with Crippen LogP contribution in [0.4, 0.5) is 14.5 Å². The number of ether oxygens (including phenoxy) is 1. The topological polar surface area (TPSA) is 59.4 Å². The number of nitrogens with one attached hydrogen (secondary N) is 1. The Labute approximate surface area is 179 Å². The van der Waals surface area contributed by atoms with E-state index in [9.17, 15) is 9.18 Å². The summed E-state index contributed by atoms with van der Waals surface area (Å²) in [7, 11) is 1.71. The first-order chi connectivity index (χ1) is 15.0. The summed E-state index contributed by atoms with van der Waals surface area (Å²) < 4.78 is 36.3. The van der Waals surface area contributed by atoms with Crippen molar-refractivity contribution >= 4 is 11.6 Å². The van der Waals surface area contributed by atoms with Crippen molar-refractivity contribution in [2.24, 2.45) is 7.05 Å². The van der Waals surface area contributed by atoms with E-state index < -0.39 is 17.9 Å². The summed E-state index contributed by atoms with van der Waals surface area (Å²) in [6.45, 7) is 1.95. The summed E-state index contributed by atoms with van der Waals surface area (Å²) in [5, 5.41) is 6.75. The monoisotopic (exact) mass is 426 g/mol. The first-order valence-electron chi connectivity index (χ1n) is 10.2. The average molecular weight is 426 g/mol. The van der Waals surface area contributed by atoms with Gasteiger partial charge in [0.25, 0.3) is 5.91 Å². The van der Waals surface area contributed by atoms with Crippen molar-refractivity contribution in [1.29, 1.82) is 0 Å². The molecule has 162 valence electrons. The van der Waals surface area contributed by atoms with E-state index in [2.05, 4.69) is 10.4 Å². The lowest BCUT2D eigenvalue weighted by Gasteiger charge is -2.18. The number of alkyl halides is 1. The van der Waals surface area contributed by atoms with Crippen LogP contribution in [0.3, 0.4) is 0 Å². The Hall–Kier alpha value is -3.26. The van der Waals surface area contributed by atoms with Gasteiger partial charge in [-0.05, 0) is 36.8 Å². The molecule has 1 aliphatic rings. The molecule has 6 nitrogen and oxygen atoms in total. The van der Waals surface area contributed by atoms with Gasteiger partial charge in [0.05, 0.1) is 16.9 Å². The van der Waals surface area contributed by atoms with Gasteiger partial charge < -0.3 is 10.1 Å². The van der Waals surface area contributed by atoms with Gasteiger partial charge in [-0.25, -0.2) is 8.78 Å². The van der Waals surface area contributed by atoms with Crippen molar-refractivity contribution < 1.29 is 18.3 Å². The number of amides is 1. The molecule has 0 aliphatic carbocycles. The Morgan fingerprint density at radius 1 is 1.23 bits per heavy atom. The molecule has 1 aromatic heterocycles. The van der Waals surface area contributed by atoms with Crippen LogP contribution in [-0.4, -0.2) is 53.0 Å². The predicted octanol–water partition coefficient (Wildman–Crippen LogP) is 3.90. The van der Waals surface area contributed by atoms with Crippen LogP contribution in [0.1, 0.15) is 16.8 Å². The quantitative estimate of drug-likeness (QED) is 0.623. The Bertz CT molecular complexity index is 1050. The van der Waals surface area contributed by atoms with Crippen LogP contribution in [-0.2, 0) is 7.05 Å². The number of hydrogen-bond acceptors (Lipinski definition) is 4.